The summed E-state index contributed by atoms with van der Waals surface area (Å²) in [7, 11) is 1.62. The van der Waals surface area contributed by atoms with Crippen LogP contribution in [0.3, 0.4) is 0 Å². The molecule has 0 saturated carbocycles. The highest BCUT2D eigenvalue weighted by Gasteiger charge is 2.13. The number of rotatable bonds is 3. The number of hydrogen-bond acceptors (Lipinski definition) is 2. The van der Waals surface area contributed by atoms with E-state index in [2.05, 4.69) is 5.32 Å². The normalized spacial score (nSPS) is 10.7. The minimum Gasteiger partial charge on any atom is -0.348 e. The van der Waals surface area contributed by atoms with E-state index in [1.54, 1.807) is 43.4 Å². The number of carbonyl (C=O) groups is 1. The number of pyridine rings is 1. The van der Waals surface area contributed by atoms with Crippen LogP contribution in [-0.4, -0.2) is 10.5 Å². The standard InChI is InChI=1S/C18H15FN2O2/c1-21-11-16(14-4-2-3-5-15(14)18(21)23)17(22)20-10-12-6-8-13(19)9-7-12/h2-9,11H,10H2,1H3,(H,20,22). The van der Waals surface area contributed by atoms with Crippen LogP contribution in [0.5, 0.6) is 0 Å². The van der Waals surface area contributed by atoms with Crippen LogP contribution in [-0.2, 0) is 13.6 Å². The number of nitrogens with zero attached hydrogens (tertiary/aromatic N) is 1. The van der Waals surface area contributed by atoms with Gasteiger partial charge in [-0.3, -0.25) is 9.59 Å². The van der Waals surface area contributed by atoms with Crippen molar-refractivity contribution in [3.63, 3.8) is 0 Å². The number of benzene rings is 2. The van der Waals surface area contributed by atoms with Crippen molar-refractivity contribution in [2.45, 2.75) is 6.54 Å². The van der Waals surface area contributed by atoms with Crippen LogP contribution in [0.15, 0.2) is 59.5 Å². The third-order valence-corrected chi connectivity index (χ3v) is 3.70. The Bertz CT molecular complexity index is 930. The number of aromatic nitrogens is 1. The van der Waals surface area contributed by atoms with Gasteiger partial charge < -0.3 is 9.88 Å². The average Bonchev–Trinajstić information content (AvgIpc) is 2.57. The van der Waals surface area contributed by atoms with Gasteiger partial charge in [-0.1, -0.05) is 30.3 Å². The summed E-state index contributed by atoms with van der Waals surface area (Å²) < 4.78 is 14.3. The molecule has 0 fully saturated rings. The van der Waals surface area contributed by atoms with Crippen LogP contribution >= 0.6 is 0 Å². The summed E-state index contributed by atoms with van der Waals surface area (Å²) in [4.78, 5) is 24.6. The van der Waals surface area contributed by atoms with E-state index >= 15 is 0 Å². The zero-order valence-corrected chi connectivity index (χ0v) is 12.5. The Kier molecular flexibility index (Phi) is 3.93. The minimum atomic E-state index is -0.316. The second-order valence-corrected chi connectivity index (χ2v) is 5.31. The van der Waals surface area contributed by atoms with Gasteiger partial charge in [0.1, 0.15) is 5.82 Å². The van der Waals surface area contributed by atoms with E-state index in [9.17, 15) is 14.0 Å². The largest absolute Gasteiger partial charge is 0.348 e. The molecule has 1 amide bonds. The van der Waals surface area contributed by atoms with Gasteiger partial charge in [0.05, 0.1) is 5.56 Å². The monoisotopic (exact) mass is 310 g/mol. The summed E-state index contributed by atoms with van der Waals surface area (Å²) >= 11 is 0. The first-order valence-corrected chi connectivity index (χ1v) is 7.17. The van der Waals surface area contributed by atoms with Crippen molar-refractivity contribution in [2.75, 3.05) is 0 Å². The fraction of sp³-hybridized carbons (Fsp3) is 0.111. The van der Waals surface area contributed by atoms with Gasteiger partial charge in [-0.15, -0.1) is 0 Å². The minimum absolute atomic E-state index is 0.143. The van der Waals surface area contributed by atoms with Crippen molar-refractivity contribution in [3.8, 4) is 0 Å². The smallest absolute Gasteiger partial charge is 0.258 e. The van der Waals surface area contributed by atoms with Crippen molar-refractivity contribution >= 4 is 16.7 Å². The quantitative estimate of drug-likeness (QED) is 0.808. The molecule has 0 unspecified atom stereocenters. The van der Waals surface area contributed by atoms with Crippen LogP contribution in [0.2, 0.25) is 0 Å². The first-order chi connectivity index (χ1) is 11.1. The summed E-state index contributed by atoms with van der Waals surface area (Å²) in [6.45, 7) is 0.288. The van der Waals surface area contributed by atoms with Crippen molar-refractivity contribution in [1.82, 2.24) is 9.88 Å². The Morgan fingerprint density at radius 2 is 1.74 bits per heavy atom. The van der Waals surface area contributed by atoms with Crippen LogP contribution in [0.4, 0.5) is 4.39 Å². The topological polar surface area (TPSA) is 51.1 Å². The maximum Gasteiger partial charge on any atom is 0.258 e. The molecular weight excluding hydrogens is 295 g/mol. The van der Waals surface area contributed by atoms with Crippen LogP contribution in [0.1, 0.15) is 15.9 Å². The summed E-state index contributed by atoms with van der Waals surface area (Å²) in [6, 6.07) is 13.0. The molecule has 1 heterocycles. The van der Waals surface area contributed by atoms with E-state index in [-0.39, 0.29) is 23.8 Å². The van der Waals surface area contributed by atoms with Crippen molar-refractivity contribution in [1.29, 1.82) is 0 Å². The molecule has 0 atom stereocenters. The second kappa shape index (κ2) is 6.04. The van der Waals surface area contributed by atoms with Gasteiger partial charge >= 0.3 is 0 Å². The van der Waals surface area contributed by atoms with E-state index in [0.29, 0.717) is 16.3 Å². The maximum absolute atomic E-state index is 12.9. The fourth-order valence-corrected chi connectivity index (χ4v) is 2.48. The molecule has 4 nitrogen and oxygen atoms in total. The lowest BCUT2D eigenvalue weighted by Crippen LogP contribution is -2.26. The number of carbonyl (C=O) groups excluding carboxylic acids is 1. The van der Waals surface area contributed by atoms with Crippen molar-refractivity contribution in [2.24, 2.45) is 7.05 Å². The number of fused-ring (bicyclic) bond motifs is 1. The summed E-state index contributed by atoms with van der Waals surface area (Å²) in [6.07, 6.45) is 1.53. The van der Waals surface area contributed by atoms with Gasteiger partial charge in [0.15, 0.2) is 0 Å². The van der Waals surface area contributed by atoms with E-state index in [0.717, 1.165) is 5.56 Å². The van der Waals surface area contributed by atoms with Crippen molar-refractivity contribution < 1.29 is 9.18 Å². The third-order valence-electron chi connectivity index (χ3n) is 3.70. The maximum atomic E-state index is 12.9. The molecule has 1 aromatic heterocycles. The summed E-state index contributed by atoms with van der Waals surface area (Å²) in [5, 5.41) is 3.92. The van der Waals surface area contributed by atoms with E-state index < -0.39 is 0 Å². The van der Waals surface area contributed by atoms with Crippen LogP contribution in [0, 0.1) is 5.82 Å². The fourth-order valence-electron chi connectivity index (χ4n) is 2.48. The lowest BCUT2D eigenvalue weighted by molar-refractivity contribution is 0.0952. The van der Waals surface area contributed by atoms with Gasteiger partial charge in [-0.2, -0.15) is 0 Å². The lowest BCUT2D eigenvalue weighted by atomic mass is 10.1. The number of amides is 1. The highest BCUT2D eigenvalue weighted by molar-refractivity contribution is 6.06. The molecule has 0 aliphatic carbocycles. The Morgan fingerprint density at radius 3 is 2.43 bits per heavy atom. The molecule has 5 heteroatoms. The molecule has 0 aliphatic rings. The third kappa shape index (κ3) is 2.99. The van der Waals surface area contributed by atoms with Crippen LogP contribution in [0.25, 0.3) is 10.8 Å². The highest BCUT2D eigenvalue weighted by atomic mass is 19.1. The molecule has 1 N–H and O–H groups in total. The molecular formula is C18H15FN2O2. The highest BCUT2D eigenvalue weighted by Crippen LogP contribution is 2.15. The zero-order valence-electron chi connectivity index (χ0n) is 12.5. The predicted molar refractivity (Wildman–Crippen MR) is 86.8 cm³/mol. The SMILES string of the molecule is Cn1cc(C(=O)NCc2ccc(F)cc2)c2ccccc2c1=O. The van der Waals surface area contributed by atoms with E-state index in [1.807, 2.05) is 0 Å². The van der Waals surface area contributed by atoms with E-state index in [4.69, 9.17) is 0 Å². The molecule has 0 spiro atoms. The Labute approximate surface area is 132 Å². The first-order valence-electron chi connectivity index (χ1n) is 7.17. The number of aryl methyl sites for hydroxylation is 1. The van der Waals surface area contributed by atoms with Gasteiger partial charge in [0, 0.05) is 30.6 Å². The summed E-state index contributed by atoms with van der Waals surface area (Å²) in [5.41, 5.74) is 1.09. The molecule has 3 aromatic rings. The van der Waals surface area contributed by atoms with Gasteiger partial charge in [0.25, 0.3) is 11.5 Å². The molecule has 23 heavy (non-hydrogen) atoms. The average molecular weight is 310 g/mol. The van der Waals surface area contributed by atoms with Crippen molar-refractivity contribution in [3.05, 3.63) is 82.0 Å². The Hall–Kier alpha value is -2.95. The Morgan fingerprint density at radius 1 is 1.09 bits per heavy atom. The van der Waals surface area contributed by atoms with Gasteiger partial charge in [0.2, 0.25) is 0 Å². The molecule has 0 aliphatic heterocycles. The molecule has 116 valence electrons. The molecule has 2 aromatic carbocycles. The zero-order chi connectivity index (χ0) is 16.4. The molecule has 0 radical (unpaired) electrons. The second-order valence-electron chi connectivity index (χ2n) is 5.31. The predicted octanol–water partition coefficient (Wildman–Crippen LogP) is 2.61. The number of nitrogens with one attached hydrogen (secondary N) is 1. The lowest BCUT2D eigenvalue weighted by Gasteiger charge is -2.10. The van der Waals surface area contributed by atoms with Gasteiger partial charge in [-0.25, -0.2) is 4.39 Å². The number of halogens is 1. The summed E-state index contributed by atoms with van der Waals surface area (Å²) in [5.74, 6) is -0.592. The first kappa shape index (κ1) is 15.0. The molecule has 3 rings (SSSR count). The molecule has 0 bridgehead atoms. The Balaban J connectivity index is 1.90. The van der Waals surface area contributed by atoms with Gasteiger partial charge in [-0.05, 0) is 23.8 Å². The molecule has 0 saturated heterocycles. The number of hydrogen-bond donors (Lipinski definition) is 1. The van der Waals surface area contributed by atoms with E-state index in [1.165, 1.54) is 22.9 Å². The van der Waals surface area contributed by atoms with Crippen LogP contribution < -0.4 is 10.9 Å².